The molecule has 0 bridgehead atoms. The predicted octanol–water partition coefficient (Wildman–Crippen LogP) is 1.99. The lowest BCUT2D eigenvalue weighted by Gasteiger charge is -2.34. The molecule has 0 radical (unpaired) electrons. The molecule has 0 N–H and O–H groups in total. The highest BCUT2D eigenvalue weighted by Crippen LogP contribution is 2.22. The molecule has 1 aliphatic heterocycles. The SMILES string of the molecule is Cn1cc(CC(=O)N2CCN(c3cccnc3)C(=O)C2)c2ccccc21. The quantitative estimate of drug-likeness (QED) is 0.727. The summed E-state index contributed by atoms with van der Waals surface area (Å²) in [4.78, 5) is 32.6. The number of aromatic nitrogens is 2. The Morgan fingerprint density at radius 3 is 2.77 bits per heavy atom. The van der Waals surface area contributed by atoms with Crippen molar-refractivity contribution >= 4 is 28.4 Å². The Kier molecular flexibility index (Phi) is 4.16. The van der Waals surface area contributed by atoms with E-state index in [0.29, 0.717) is 19.5 Å². The minimum Gasteiger partial charge on any atom is -0.350 e. The van der Waals surface area contributed by atoms with E-state index < -0.39 is 0 Å². The third-order valence-electron chi connectivity index (χ3n) is 4.85. The van der Waals surface area contributed by atoms with Gasteiger partial charge in [0.05, 0.1) is 18.3 Å². The lowest BCUT2D eigenvalue weighted by Crippen LogP contribution is -2.52. The number of amides is 2. The fourth-order valence-corrected chi connectivity index (χ4v) is 3.51. The van der Waals surface area contributed by atoms with Crippen molar-refractivity contribution in [3.05, 3.63) is 60.6 Å². The summed E-state index contributed by atoms with van der Waals surface area (Å²) >= 11 is 0. The second-order valence-corrected chi connectivity index (χ2v) is 6.53. The van der Waals surface area contributed by atoms with Crippen LogP contribution in [0.3, 0.4) is 0 Å². The van der Waals surface area contributed by atoms with Crippen LogP contribution in [-0.4, -0.2) is 45.9 Å². The molecule has 3 aromatic rings. The molecule has 1 aromatic carbocycles. The molecule has 26 heavy (non-hydrogen) atoms. The summed E-state index contributed by atoms with van der Waals surface area (Å²) in [5, 5.41) is 1.09. The zero-order chi connectivity index (χ0) is 18.1. The summed E-state index contributed by atoms with van der Waals surface area (Å²) in [5.41, 5.74) is 2.88. The molecule has 0 spiro atoms. The van der Waals surface area contributed by atoms with E-state index in [1.165, 1.54) is 0 Å². The average molecular weight is 348 g/mol. The zero-order valence-corrected chi connectivity index (χ0v) is 14.6. The van der Waals surface area contributed by atoms with Crippen molar-refractivity contribution in [3.63, 3.8) is 0 Å². The van der Waals surface area contributed by atoms with Gasteiger partial charge >= 0.3 is 0 Å². The minimum atomic E-state index is -0.0736. The number of aryl methyl sites for hydroxylation is 1. The van der Waals surface area contributed by atoms with Crippen LogP contribution in [-0.2, 0) is 23.1 Å². The van der Waals surface area contributed by atoms with E-state index in [1.54, 1.807) is 28.3 Å². The van der Waals surface area contributed by atoms with Crippen molar-refractivity contribution in [1.29, 1.82) is 0 Å². The number of para-hydroxylation sites is 1. The Morgan fingerprint density at radius 1 is 1.15 bits per heavy atom. The molecule has 0 saturated carbocycles. The molecule has 2 aromatic heterocycles. The first kappa shape index (κ1) is 16.3. The van der Waals surface area contributed by atoms with Gasteiger partial charge < -0.3 is 14.4 Å². The second kappa shape index (κ2) is 6.63. The molecule has 1 saturated heterocycles. The van der Waals surface area contributed by atoms with E-state index in [2.05, 4.69) is 4.98 Å². The molecule has 0 unspecified atom stereocenters. The number of carbonyl (C=O) groups excluding carboxylic acids is 2. The van der Waals surface area contributed by atoms with E-state index in [1.807, 2.05) is 48.1 Å². The van der Waals surface area contributed by atoms with Crippen molar-refractivity contribution in [2.75, 3.05) is 24.5 Å². The number of fused-ring (bicyclic) bond motifs is 1. The number of nitrogens with zero attached hydrogens (tertiary/aromatic N) is 4. The number of piperazine rings is 1. The Bertz CT molecular complexity index is 964. The van der Waals surface area contributed by atoms with Gasteiger partial charge in [0.2, 0.25) is 11.8 Å². The molecule has 0 atom stereocenters. The van der Waals surface area contributed by atoms with E-state index in [4.69, 9.17) is 0 Å². The zero-order valence-electron chi connectivity index (χ0n) is 14.6. The molecule has 4 rings (SSSR count). The monoisotopic (exact) mass is 348 g/mol. The second-order valence-electron chi connectivity index (χ2n) is 6.53. The normalized spacial score (nSPS) is 14.9. The first-order valence-corrected chi connectivity index (χ1v) is 8.64. The lowest BCUT2D eigenvalue weighted by molar-refractivity contribution is -0.136. The first-order valence-electron chi connectivity index (χ1n) is 8.64. The maximum absolute atomic E-state index is 12.7. The molecule has 3 heterocycles. The molecule has 1 fully saturated rings. The average Bonchev–Trinajstić information content (AvgIpc) is 2.98. The van der Waals surface area contributed by atoms with Gasteiger partial charge in [0.25, 0.3) is 0 Å². The number of hydrogen-bond acceptors (Lipinski definition) is 3. The third kappa shape index (κ3) is 2.94. The highest BCUT2D eigenvalue weighted by molar-refractivity contribution is 5.98. The number of pyridine rings is 1. The van der Waals surface area contributed by atoms with Gasteiger partial charge in [-0.25, -0.2) is 0 Å². The Hall–Kier alpha value is -3.15. The van der Waals surface area contributed by atoms with Crippen molar-refractivity contribution in [2.45, 2.75) is 6.42 Å². The Morgan fingerprint density at radius 2 is 2.00 bits per heavy atom. The Balaban J connectivity index is 1.47. The number of benzene rings is 1. The molecule has 6 nitrogen and oxygen atoms in total. The Labute approximate surface area is 151 Å². The minimum absolute atomic E-state index is 0.0134. The van der Waals surface area contributed by atoms with Crippen LogP contribution in [0.25, 0.3) is 10.9 Å². The van der Waals surface area contributed by atoms with Crippen molar-refractivity contribution in [1.82, 2.24) is 14.5 Å². The highest BCUT2D eigenvalue weighted by Gasteiger charge is 2.28. The lowest BCUT2D eigenvalue weighted by atomic mass is 10.1. The van der Waals surface area contributed by atoms with E-state index in [0.717, 1.165) is 22.2 Å². The smallest absolute Gasteiger partial charge is 0.246 e. The van der Waals surface area contributed by atoms with Gasteiger partial charge in [-0.05, 0) is 23.8 Å². The molecule has 6 heteroatoms. The van der Waals surface area contributed by atoms with Gasteiger partial charge in [0.15, 0.2) is 0 Å². The van der Waals surface area contributed by atoms with Crippen LogP contribution in [0, 0.1) is 0 Å². The van der Waals surface area contributed by atoms with Gasteiger partial charge in [-0.1, -0.05) is 18.2 Å². The largest absolute Gasteiger partial charge is 0.350 e. The van der Waals surface area contributed by atoms with Crippen LogP contribution in [0.15, 0.2) is 55.0 Å². The van der Waals surface area contributed by atoms with Crippen molar-refractivity contribution in [3.8, 4) is 0 Å². The maximum atomic E-state index is 12.7. The molecule has 132 valence electrons. The maximum Gasteiger partial charge on any atom is 0.246 e. The van der Waals surface area contributed by atoms with Crippen molar-refractivity contribution < 1.29 is 9.59 Å². The van der Waals surface area contributed by atoms with Crippen LogP contribution >= 0.6 is 0 Å². The van der Waals surface area contributed by atoms with Gasteiger partial charge in [-0.3, -0.25) is 14.6 Å². The molecular formula is C20H20N4O2. The summed E-state index contributed by atoms with van der Waals surface area (Å²) in [7, 11) is 1.98. The van der Waals surface area contributed by atoms with Gasteiger partial charge in [0.1, 0.15) is 6.54 Å². The van der Waals surface area contributed by atoms with Gasteiger partial charge in [-0.15, -0.1) is 0 Å². The first-order chi connectivity index (χ1) is 12.6. The van der Waals surface area contributed by atoms with E-state index in [-0.39, 0.29) is 18.4 Å². The number of anilines is 1. The fraction of sp³-hybridized carbons (Fsp3) is 0.250. The predicted molar refractivity (Wildman–Crippen MR) is 99.8 cm³/mol. The van der Waals surface area contributed by atoms with Crippen LogP contribution < -0.4 is 4.90 Å². The topological polar surface area (TPSA) is 58.4 Å². The highest BCUT2D eigenvalue weighted by atomic mass is 16.2. The number of rotatable bonds is 3. The van der Waals surface area contributed by atoms with Crippen molar-refractivity contribution in [2.24, 2.45) is 7.05 Å². The summed E-state index contributed by atoms with van der Waals surface area (Å²) in [6.07, 6.45) is 5.65. The fourth-order valence-electron chi connectivity index (χ4n) is 3.51. The van der Waals surface area contributed by atoms with Crippen LogP contribution in [0.5, 0.6) is 0 Å². The van der Waals surface area contributed by atoms with E-state index in [9.17, 15) is 9.59 Å². The van der Waals surface area contributed by atoms with E-state index >= 15 is 0 Å². The molecule has 0 aliphatic carbocycles. The number of carbonyl (C=O) groups is 2. The van der Waals surface area contributed by atoms with Crippen LogP contribution in [0.2, 0.25) is 0 Å². The summed E-state index contributed by atoms with van der Waals surface area (Å²) < 4.78 is 2.03. The summed E-state index contributed by atoms with van der Waals surface area (Å²) in [6, 6.07) is 11.7. The number of hydrogen-bond donors (Lipinski definition) is 0. The van der Waals surface area contributed by atoms with Gasteiger partial charge in [-0.2, -0.15) is 0 Å². The molecule has 1 aliphatic rings. The summed E-state index contributed by atoms with van der Waals surface area (Å²) in [6.45, 7) is 1.13. The van der Waals surface area contributed by atoms with Gasteiger partial charge in [0, 0.05) is 43.4 Å². The summed E-state index contributed by atoms with van der Waals surface area (Å²) in [5.74, 6) is -0.0870. The van der Waals surface area contributed by atoms with Crippen LogP contribution in [0.4, 0.5) is 5.69 Å². The molecule has 2 amide bonds. The standard InChI is InChI=1S/C20H20N4O2/c1-22-13-15(17-6-2-3-7-18(17)22)11-19(25)23-9-10-24(20(26)14-23)16-5-4-8-21-12-16/h2-8,12-13H,9-11,14H2,1H3. The molecular weight excluding hydrogens is 328 g/mol. The van der Waals surface area contributed by atoms with Crippen LogP contribution in [0.1, 0.15) is 5.56 Å². The third-order valence-corrected chi connectivity index (χ3v) is 4.85.